The number of hydrogen-bond acceptors (Lipinski definition) is 2. The van der Waals surface area contributed by atoms with Crippen LogP contribution < -0.4 is 10.6 Å². The van der Waals surface area contributed by atoms with E-state index in [9.17, 15) is 13.2 Å². The Morgan fingerprint density at radius 3 is 2.42 bits per heavy atom. The van der Waals surface area contributed by atoms with E-state index in [4.69, 9.17) is 5.73 Å². The first kappa shape index (κ1) is 14.2. The summed E-state index contributed by atoms with van der Waals surface area (Å²) >= 11 is 0. The molecule has 0 bridgehead atoms. The maximum absolute atomic E-state index is 12.9. The van der Waals surface area contributed by atoms with Crippen molar-refractivity contribution in [3.8, 4) is 0 Å². The minimum atomic E-state index is -4.34. The highest BCUT2D eigenvalue weighted by atomic mass is 19.4. The summed E-state index contributed by atoms with van der Waals surface area (Å²) < 4.78 is 38.8. The monoisotopic (exact) mass is 272 g/mol. The van der Waals surface area contributed by atoms with E-state index in [-0.39, 0.29) is 12.1 Å². The molecule has 1 heterocycles. The average Bonchev–Trinajstić information content (AvgIpc) is 2.25. The molecule has 1 aromatic rings. The van der Waals surface area contributed by atoms with Gasteiger partial charge in [0.1, 0.15) is 0 Å². The third-order valence-corrected chi connectivity index (χ3v) is 3.84. The molecule has 0 radical (unpaired) electrons. The van der Waals surface area contributed by atoms with E-state index in [1.54, 1.807) is 6.07 Å². The molecule has 1 saturated heterocycles. The second-order valence-corrected chi connectivity index (χ2v) is 5.45. The van der Waals surface area contributed by atoms with E-state index < -0.39 is 11.7 Å². The lowest BCUT2D eigenvalue weighted by atomic mass is 9.88. The summed E-state index contributed by atoms with van der Waals surface area (Å²) in [6.07, 6.45) is -4.34. The Morgan fingerprint density at radius 2 is 1.95 bits per heavy atom. The number of benzene rings is 1. The maximum Gasteiger partial charge on any atom is 0.416 e. The summed E-state index contributed by atoms with van der Waals surface area (Å²) in [6.45, 7) is 5.85. The van der Waals surface area contributed by atoms with Crippen LogP contribution in [-0.4, -0.2) is 13.1 Å². The van der Waals surface area contributed by atoms with Crippen LogP contribution >= 0.6 is 0 Å². The fraction of sp³-hybridized carbons (Fsp3) is 0.571. The van der Waals surface area contributed by atoms with Gasteiger partial charge in [0.05, 0.1) is 5.56 Å². The predicted molar refractivity (Wildman–Crippen MR) is 69.9 cm³/mol. The van der Waals surface area contributed by atoms with Crippen LogP contribution in [0.15, 0.2) is 18.2 Å². The lowest BCUT2D eigenvalue weighted by molar-refractivity contribution is -0.138. The summed E-state index contributed by atoms with van der Waals surface area (Å²) in [6, 6.07) is 4.44. The van der Waals surface area contributed by atoms with Gasteiger partial charge in [0.25, 0.3) is 0 Å². The van der Waals surface area contributed by atoms with Crippen LogP contribution in [0.5, 0.6) is 0 Å². The molecule has 19 heavy (non-hydrogen) atoms. The smallest absolute Gasteiger partial charge is 0.371 e. The fourth-order valence-electron chi connectivity index (χ4n) is 2.35. The first-order chi connectivity index (χ1) is 8.82. The van der Waals surface area contributed by atoms with Gasteiger partial charge in [0, 0.05) is 25.3 Å². The van der Waals surface area contributed by atoms with Crippen molar-refractivity contribution in [3.63, 3.8) is 0 Å². The second-order valence-electron chi connectivity index (χ2n) is 5.45. The van der Waals surface area contributed by atoms with E-state index >= 15 is 0 Å². The molecule has 1 aliphatic heterocycles. The highest BCUT2D eigenvalue weighted by molar-refractivity contribution is 5.53. The van der Waals surface area contributed by atoms with Crippen molar-refractivity contribution in [2.24, 2.45) is 17.6 Å². The lowest BCUT2D eigenvalue weighted by Gasteiger charge is -2.43. The predicted octanol–water partition coefficient (Wildman–Crippen LogP) is 3.26. The highest BCUT2D eigenvalue weighted by Gasteiger charge is 2.35. The first-order valence-corrected chi connectivity index (χ1v) is 6.48. The molecule has 106 valence electrons. The Hall–Kier alpha value is -1.23. The van der Waals surface area contributed by atoms with Crippen LogP contribution in [0.1, 0.15) is 25.0 Å². The Labute approximate surface area is 111 Å². The average molecular weight is 272 g/mol. The molecule has 0 atom stereocenters. The molecule has 0 unspecified atom stereocenters. The topological polar surface area (TPSA) is 29.3 Å². The van der Waals surface area contributed by atoms with Gasteiger partial charge in [-0.05, 0) is 29.5 Å². The van der Waals surface area contributed by atoms with Gasteiger partial charge in [-0.2, -0.15) is 13.2 Å². The van der Waals surface area contributed by atoms with Gasteiger partial charge in [-0.3, -0.25) is 0 Å². The zero-order valence-corrected chi connectivity index (χ0v) is 11.2. The third-order valence-electron chi connectivity index (χ3n) is 3.84. The molecule has 0 aliphatic carbocycles. The number of anilines is 1. The van der Waals surface area contributed by atoms with E-state index in [2.05, 4.69) is 13.8 Å². The molecule has 0 spiro atoms. The Kier molecular flexibility index (Phi) is 3.76. The number of nitrogens with two attached hydrogens (primary N) is 1. The maximum atomic E-state index is 12.9. The molecule has 0 amide bonds. The Morgan fingerprint density at radius 1 is 1.32 bits per heavy atom. The number of halogens is 3. The molecule has 5 heteroatoms. The lowest BCUT2D eigenvalue weighted by Crippen LogP contribution is -2.49. The molecule has 0 aromatic heterocycles. The minimum Gasteiger partial charge on any atom is -0.371 e. The molecule has 2 N–H and O–H groups in total. The summed E-state index contributed by atoms with van der Waals surface area (Å²) in [5, 5.41) is 0. The van der Waals surface area contributed by atoms with Crippen molar-refractivity contribution >= 4 is 5.69 Å². The fourth-order valence-corrected chi connectivity index (χ4v) is 2.35. The Balaban J connectivity index is 2.21. The number of nitrogens with zero attached hydrogens (tertiary/aromatic N) is 1. The van der Waals surface area contributed by atoms with Crippen LogP contribution in [0, 0.1) is 11.8 Å². The van der Waals surface area contributed by atoms with Gasteiger partial charge in [-0.25, -0.2) is 0 Å². The highest BCUT2D eigenvalue weighted by Crippen LogP contribution is 2.36. The van der Waals surface area contributed by atoms with E-state index in [1.165, 1.54) is 12.1 Å². The minimum absolute atomic E-state index is 0.0935. The SMILES string of the molecule is CC(C)C1CN(c2ccc(CN)c(C(F)(F)F)c2)C1. The van der Waals surface area contributed by atoms with Gasteiger partial charge >= 0.3 is 6.18 Å². The summed E-state index contributed by atoms with van der Waals surface area (Å²) in [4.78, 5) is 1.99. The number of hydrogen-bond donors (Lipinski definition) is 1. The molecule has 2 nitrogen and oxygen atoms in total. The van der Waals surface area contributed by atoms with Crippen LogP contribution in [0.25, 0.3) is 0 Å². The van der Waals surface area contributed by atoms with Crippen molar-refractivity contribution in [3.05, 3.63) is 29.3 Å². The molecule has 1 aliphatic rings. The van der Waals surface area contributed by atoms with Crippen molar-refractivity contribution in [1.82, 2.24) is 0 Å². The van der Waals surface area contributed by atoms with Gasteiger partial charge in [0.15, 0.2) is 0 Å². The second kappa shape index (κ2) is 5.04. The van der Waals surface area contributed by atoms with Gasteiger partial charge in [-0.15, -0.1) is 0 Å². The normalized spacial score (nSPS) is 16.9. The standard InChI is InChI=1S/C14H19F3N2/c1-9(2)11-7-19(8-11)12-4-3-10(6-18)13(5-12)14(15,16)17/h3-5,9,11H,6-8,18H2,1-2H3. The van der Waals surface area contributed by atoms with Crippen molar-refractivity contribution < 1.29 is 13.2 Å². The molecule has 1 aromatic carbocycles. The number of rotatable bonds is 3. The Bertz CT molecular complexity index is 448. The van der Waals surface area contributed by atoms with Crippen LogP contribution in [0.4, 0.5) is 18.9 Å². The van der Waals surface area contributed by atoms with Crippen molar-refractivity contribution in [1.29, 1.82) is 0 Å². The molecule has 2 rings (SSSR count). The van der Waals surface area contributed by atoms with Crippen molar-refractivity contribution in [2.75, 3.05) is 18.0 Å². The summed E-state index contributed by atoms with van der Waals surface area (Å²) in [5.74, 6) is 1.14. The molecular weight excluding hydrogens is 253 g/mol. The summed E-state index contributed by atoms with van der Waals surface area (Å²) in [7, 11) is 0. The largest absolute Gasteiger partial charge is 0.416 e. The quantitative estimate of drug-likeness (QED) is 0.915. The van der Waals surface area contributed by atoms with Gasteiger partial charge in [-0.1, -0.05) is 19.9 Å². The van der Waals surface area contributed by atoms with E-state index in [1.807, 2.05) is 4.90 Å². The summed E-state index contributed by atoms with van der Waals surface area (Å²) in [5.41, 5.74) is 5.55. The third kappa shape index (κ3) is 2.86. The molecule has 0 saturated carbocycles. The van der Waals surface area contributed by atoms with Crippen molar-refractivity contribution in [2.45, 2.75) is 26.6 Å². The zero-order chi connectivity index (χ0) is 14.2. The van der Waals surface area contributed by atoms with Gasteiger partial charge < -0.3 is 10.6 Å². The van der Waals surface area contributed by atoms with Gasteiger partial charge in [0.2, 0.25) is 0 Å². The van der Waals surface area contributed by atoms with E-state index in [0.717, 1.165) is 13.1 Å². The number of alkyl halides is 3. The zero-order valence-electron chi connectivity index (χ0n) is 11.2. The first-order valence-electron chi connectivity index (χ1n) is 6.48. The van der Waals surface area contributed by atoms with Crippen LogP contribution in [-0.2, 0) is 12.7 Å². The van der Waals surface area contributed by atoms with E-state index in [0.29, 0.717) is 17.5 Å². The molecule has 1 fully saturated rings. The molecular formula is C14H19F3N2. The van der Waals surface area contributed by atoms with Crippen LogP contribution in [0.3, 0.4) is 0 Å². The van der Waals surface area contributed by atoms with Crippen LogP contribution in [0.2, 0.25) is 0 Å².